The van der Waals surface area contributed by atoms with E-state index in [1.165, 1.54) is 21.6 Å². The highest BCUT2D eigenvalue weighted by molar-refractivity contribution is 7.99. The van der Waals surface area contributed by atoms with Crippen LogP contribution < -0.4 is 0 Å². The number of hydrogen-bond donors (Lipinski definition) is 0. The molecule has 0 N–H and O–H groups in total. The lowest BCUT2D eigenvalue weighted by atomic mass is 9.93. The molecule has 6 aromatic carbocycles. The number of benzene rings is 6. The van der Waals surface area contributed by atoms with Crippen LogP contribution in [0, 0.1) is 0 Å². The number of hydrogen-bond acceptors (Lipinski definition) is 5. The molecule has 1 aliphatic heterocycles. The van der Waals surface area contributed by atoms with Crippen LogP contribution in [0.25, 0.3) is 90.2 Å². The smallest absolute Gasteiger partial charge is 0.160 e. The van der Waals surface area contributed by atoms with Gasteiger partial charge in [0.05, 0.1) is 11.4 Å². The highest BCUT2D eigenvalue weighted by Gasteiger charge is 2.20. The molecule has 1 aliphatic rings. The third-order valence-electron chi connectivity index (χ3n) is 9.63. The van der Waals surface area contributed by atoms with Gasteiger partial charge in [-0.05, 0) is 81.9 Å². The van der Waals surface area contributed by atoms with Crippen molar-refractivity contribution >= 4 is 45.9 Å². The predicted molar refractivity (Wildman–Crippen MR) is 214 cm³/mol. The zero-order chi connectivity index (χ0) is 34.4. The average Bonchev–Trinajstić information content (AvgIpc) is 3.57. The van der Waals surface area contributed by atoms with Gasteiger partial charge in [-0.2, -0.15) is 0 Å². The molecule has 9 aromatic rings. The van der Waals surface area contributed by atoms with E-state index >= 15 is 0 Å². The molecule has 0 saturated heterocycles. The first kappa shape index (κ1) is 30.3. The van der Waals surface area contributed by atoms with Crippen LogP contribution in [0.5, 0.6) is 0 Å². The summed E-state index contributed by atoms with van der Waals surface area (Å²) in [6.07, 6.45) is 8.10. The summed E-state index contributed by atoms with van der Waals surface area (Å²) < 4.78 is 6.50. The van der Waals surface area contributed by atoms with Gasteiger partial charge in [0, 0.05) is 49.6 Å². The van der Waals surface area contributed by atoms with Crippen LogP contribution in [0.3, 0.4) is 0 Å². The van der Waals surface area contributed by atoms with Gasteiger partial charge in [-0.3, -0.25) is 4.98 Å². The minimum atomic E-state index is 0.668. The molecule has 52 heavy (non-hydrogen) atoms. The summed E-state index contributed by atoms with van der Waals surface area (Å²) in [5.74, 6) is 0.668. The Balaban J connectivity index is 1.24. The van der Waals surface area contributed by atoms with E-state index in [0.717, 1.165) is 71.6 Å². The van der Waals surface area contributed by atoms with Gasteiger partial charge in [-0.1, -0.05) is 127 Å². The first-order valence-electron chi connectivity index (χ1n) is 17.2. The molecule has 244 valence electrons. The number of rotatable bonds is 3. The van der Waals surface area contributed by atoms with Crippen molar-refractivity contribution in [2.45, 2.75) is 9.79 Å². The highest BCUT2D eigenvalue weighted by atomic mass is 32.2. The molecule has 0 amide bonds. The summed E-state index contributed by atoms with van der Waals surface area (Å²) in [5, 5.41) is 2.22. The lowest BCUT2D eigenvalue weighted by Crippen LogP contribution is -1.97. The van der Waals surface area contributed by atoms with E-state index in [9.17, 15) is 0 Å². The fourth-order valence-corrected chi connectivity index (χ4v) is 8.21. The molecule has 0 fully saturated rings. The second kappa shape index (κ2) is 12.6. The van der Waals surface area contributed by atoms with E-state index < -0.39 is 0 Å². The molecular weight excluding hydrogens is 655 g/mol. The third kappa shape index (κ3) is 5.39. The molecule has 0 atom stereocenters. The molecular formula is C47H29N3OS. The highest BCUT2D eigenvalue weighted by Crippen LogP contribution is 2.46. The molecule has 0 unspecified atom stereocenters. The van der Waals surface area contributed by atoms with E-state index in [4.69, 9.17) is 14.4 Å². The van der Waals surface area contributed by atoms with Crippen LogP contribution in [0.1, 0.15) is 11.1 Å². The van der Waals surface area contributed by atoms with Gasteiger partial charge in [0.1, 0.15) is 11.2 Å². The van der Waals surface area contributed by atoms with Crippen LogP contribution in [0.15, 0.2) is 178 Å². The number of para-hydroxylation sites is 1. The van der Waals surface area contributed by atoms with Crippen molar-refractivity contribution in [3.8, 4) is 56.2 Å². The van der Waals surface area contributed by atoms with Gasteiger partial charge in [-0.25, -0.2) is 9.97 Å². The van der Waals surface area contributed by atoms with E-state index in [-0.39, 0.29) is 0 Å². The lowest BCUT2D eigenvalue weighted by molar-refractivity contribution is 0.669. The molecule has 4 heterocycles. The van der Waals surface area contributed by atoms with Crippen molar-refractivity contribution in [1.82, 2.24) is 15.0 Å². The maximum atomic E-state index is 6.50. The Morgan fingerprint density at radius 2 is 1.17 bits per heavy atom. The van der Waals surface area contributed by atoms with Gasteiger partial charge < -0.3 is 4.42 Å². The first-order valence-corrected chi connectivity index (χ1v) is 18.1. The third-order valence-corrected chi connectivity index (χ3v) is 10.8. The van der Waals surface area contributed by atoms with Crippen LogP contribution in [-0.4, -0.2) is 15.0 Å². The number of aromatic nitrogens is 3. The normalized spacial score (nSPS) is 12.1. The standard InChI is InChI=1S/C47H29N3OS/c1-2-12-32(13-3-1)47-49-41(28-42(50-47)34-14-10-24-48-29-34)33-23-22-31-21-20-30-11-4-5-15-35(30)37-17-7-9-19-45(37)52-46-27-39-36-16-6-8-18-43(36)51-44(39)26-40(46)38(31)25-33/h1-29H. The number of furan rings is 1. The minimum absolute atomic E-state index is 0.668. The Kier molecular flexibility index (Phi) is 7.36. The van der Waals surface area contributed by atoms with Crippen LogP contribution in [0.4, 0.5) is 0 Å². The zero-order valence-electron chi connectivity index (χ0n) is 27.9. The molecule has 0 spiro atoms. The van der Waals surface area contributed by atoms with Crippen LogP contribution >= 0.6 is 11.8 Å². The SMILES string of the molecule is C1=Cc2ccc(-c3cc(-c4cccnc4)nc(-c4ccccc4)n3)cc2-c2cc3oc4ccccc4c3cc2Sc2ccccc2-c2ccccc21. The van der Waals surface area contributed by atoms with Gasteiger partial charge in [0.15, 0.2) is 5.82 Å². The molecule has 5 heteroatoms. The molecule has 4 nitrogen and oxygen atoms in total. The van der Waals surface area contributed by atoms with Gasteiger partial charge in [0.25, 0.3) is 0 Å². The molecule has 3 aromatic heterocycles. The van der Waals surface area contributed by atoms with E-state index in [0.29, 0.717) is 5.82 Å². The Bertz CT molecular complexity index is 2770. The van der Waals surface area contributed by atoms with E-state index in [1.807, 2.05) is 48.7 Å². The van der Waals surface area contributed by atoms with Crippen molar-refractivity contribution in [1.29, 1.82) is 0 Å². The lowest BCUT2D eigenvalue weighted by Gasteiger charge is -2.16. The van der Waals surface area contributed by atoms with Gasteiger partial charge in [-0.15, -0.1) is 0 Å². The summed E-state index contributed by atoms with van der Waals surface area (Å²) >= 11 is 1.80. The Morgan fingerprint density at radius 3 is 2.04 bits per heavy atom. The van der Waals surface area contributed by atoms with E-state index in [2.05, 4.69) is 126 Å². The maximum Gasteiger partial charge on any atom is 0.160 e. The Hall–Kier alpha value is -6.56. The van der Waals surface area contributed by atoms with Crippen LogP contribution in [-0.2, 0) is 0 Å². The van der Waals surface area contributed by atoms with Gasteiger partial charge in [0.2, 0.25) is 0 Å². The summed E-state index contributed by atoms with van der Waals surface area (Å²) in [6, 6.07) is 53.0. The van der Waals surface area contributed by atoms with Crippen molar-refractivity contribution in [3.63, 3.8) is 0 Å². The largest absolute Gasteiger partial charge is 0.456 e. The first-order chi connectivity index (χ1) is 25.7. The number of nitrogens with zero attached hydrogens (tertiary/aromatic N) is 3. The molecule has 0 aliphatic carbocycles. The summed E-state index contributed by atoms with van der Waals surface area (Å²) in [6.45, 7) is 0. The molecule has 0 bridgehead atoms. The summed E-state index contributed by atoms with van der Waals surface area (Å²) in [4.78, 5) is 16.9. The molecule has 0 saturated carbocycles. The summed E-state index contributed by atoms with van der Waals surface area (Å²) in [5.41, 5.74) is 13.2. The average molecular weight is 684 g/mol. The Morgan fingerprint density at radius 1 is 0.442 bits per heavy atom. The van der Waals surface area contributed by atoms with Crippen molar-refractivity contribution in [3.05, 3.63) is 175 Å². The van der Waals surface area contributed by atoms with Crippen molar-refractivity contribution < 1.29 is 4.42 Å². The van der Waals surface area contributed by atoms with E-state index in [1.54, 1.807) is 18.0 Å². The van der Waals surface area contributed by atoms with Crippen LogP contribution in [0.2, 0.25) is 0 Å². The zero-order valence-corrected chi connectivity index (χ0v) is 28.7. The monoisotopic (exact) mass is 683 g/mol. The topological polar surface area (TPSA) is 51.8 Å². The predicted octanol–water partition coefficient (Wildman–Crippen LogP) is 12.7. The number of pyridine rings is 1. The fourth-order valence-electron chi connectivity index (χ4n) is 7.08. The molecule has 0 radical (unpaired) electrons. The maximum absolute atomic E-state index is 6.50. The summed E-state index contributed by atoms with van der Waals surface area (Å²) in [7, 11) is 0. The van der Waals surface area contributed by atoms with Gasteiger partial charge >= 0.3 is 0 Å². The quantitative estimate of drug-likeness (QED) is 0.185. The van der Waals surface area contributed by atoms with Crippen molar-refractivity contribution in [2.75, 3.05) is 0 Å². The second-order valence-electron chi connectivity index (χ2n) is 12.8. The fraction of sp³-hybridized carbons (Fsp3) is 0. The minimum Gasteiger partial charge on any atom is -0.456 e. The van der Waals surface area contributed by atoms with Crippen molar-refractivity contribution in [2.24, 2.45) is 0 Å². The Labute approximate surface area is 305 Å². The second-order valence-corrected chi connectivity index (χ2v) is 13.9. The molecule has 10 rings (SSSR count). The number of fused-ring (bicyclic) bond motifs is 9.